The summed E-state index contributed by atoms with van der Waals surface area (Å²) in [6, 6.07) is 16.3. The molecule has 28 heavy (non-hydrogen) atoms. The van der Waals surface area contributed by atoms with Gasteiger partial charge in [0.15, 0.2) is 0 Å². The lowest BCUT2D eigenvalue weighted by atomic mass is 10.0. The highest BCUT2D eigenvalue weighted by molar-refractivity contribution is 6.04. The minimum absolute atomic E-state index is 0.170. The lowest BCUT2D eigenvalue weighted by Gasteiger charge is -2.24. The molecule has 1 saturated heterocycles. The van der Waals surface area contributed by atoms with Gasteiger partial charge in [0.05, 0.1) is 11.3 Å². The van der Waals surface area contributed by atoms with Crippen molar-refractivity contribution in [1.29, 1.82) is 0 Å². The quantitative estimate of drug-likeness (QED) is 0.746. The number of benzene rings is 2. The summed E-state index contributed by atoms with van der Waals surface area (Å²) in [5.74, 6) is -0.995. The van der Waals surface area contributed by atoms with Crippen LogP contribution in [0.15, 0.2) is 59.4 Å². The van der Waals surface area contributed by atoms with Crippen molar-refractivity contribution in [3.63, 3.8) is 0 Å². The Hall–Kier alpha value is -2.92. The summed E-state index contributed by atoms with van der Waals surface area (Å²) in [6.45, 7) is 2.31. The lowest BCUT2D eigenvalue weighted by molar-refractivity contribution is 0.0695. The van der Waals surface area contributed by atoms with Crippen LogP contribution in [0.5, 0.6) is 0 Å². The highest BCUT2D eigenvalue weighted by atomic mass is 16.4. The van der Waals surface area contributed by atoms with Gasteiger partial charge >= 0.3 is 5.97 Å². The predicted octanol–water partition coefficient (Wildman–Crippen LogP) is 4.06. The van der Waals surface area contributed by atoms with E-state index in [4.69, 9.17) is 0 Å². The minimum Gasteiger partial charge on any atom is -0.478 e. The van der Waals surface area contributed by atoms with Crippen LogP contribution in [0.4, 0.5) is 0 Å². The molecule has 0 saturated carbocycles. The Labute approximate surface area is 163 Å². The molecule has 0 spiro atoms. The number of fused-ring (bicyclic) bond motifs is 1. The lowest BCUT2D eigenvalue weighted by Crippen LogP contribution is -2.32. The van der Waals surface area contributed by atoms with Crippen molar-refractivity contribution < 1.29 is 9.90 Å². The first-order valence-corrected chi connectivity index (χ1v) is 9.84. The Balaban J connectivity index is 2.00. The van der Waals surface area contributed by atoms with Crippen molar-refractivity contribution in [2.24, 2.45) is 0 Å². The van der Waals surface area contributed by atoms with Gasteiger partial charge in [0.1, 0.15) is 0 Å². The molecule has 1 aliphatic rings. The van der Waals surface area contributed by atoms with Crippen LogP contribution in [0.2, 0.25) is 0 Å². The first-order valence-electron chi connectivity index (χ1n) is 9.84. The van der Waals surface area contributed by atoms with Gasteiger partial charge in [-0.05, 0) is 44.1 Å². The van der Waals surface area contributed by atoms with E-state index in [-0.39, 0.29) is 11.1 Å². The summed E-state index contributed by atoms with van der Waals surface area (Å²) in [6.07, 6.45) is 4.61. The molecule has 0 aliphatic carbocycles. The van der Waals surface area contributed by atoms with Crippen LogP contribution < -0.4 is 5.56 Å². The zero-order valence-electron chi connectivity index (χ0n) is 15.8. The van der Waals surface area contributed by atoms with E-state index in [1.54, 1.807) is 28.8 Å². The number of aromatic carboxylic acids is 1. The molecular weight excluding hydrogens is 352 g/mol. The SMILES string of the molecule is O=C(O)c1c(CN2CCCCCC2)n(-c2ccccc2)c(=O)c2ccccc12. The van der Waals surface area contributed by atoms with Crippen molar-refractivity contribution in [2.45, 2.75) is 32.2 Å². The number of rotatable bonds is 4. The first-order chi connectivity index (χ1) is 13.7. The van der Waals surface area contributed by atoms with E-state index < -0.39 is 5.97 Å². The molecule has 5 heteroatoms. The third-order valence-corrected chi connectivity index (χ3v) is 5.49. The maximum atomic E-state index is 13.4. The van der Waals surface area contributed by atoms with Crippen LogP contribution in [0.1, 0.15) is 41.7 Å². The molecule has 1 aliphatic heterocycles. The van der Waals surface area contributed by atoms with Gasteiger partial charge in [0.25, 0.3) is 5.56 Å². The fraction of sp³-hybridized carbons (Fsp3) is 0.304. The summed E-state index contributed by atoms with van der Waals surface area (Å²) < 4.78 is 1.59. The highest BCUT2D eigenvalue weighted by Crippen LogP contribution is 2.25. The molecular formula is C23H24N2O3. The summed E-state index contributed by atoms with van der Waals surface area (Å²) in [5, 5.41) is 11.0. The number of nitrogens with zero attached hydrogens (tertiary/aromatic N) is 2. The van der Waals surface area contributed by atoms with E-state index in [0.717, 1.165) is 25.9 Å². The van der Waals surface area contributed by atoms with Crippen LogP contribution in [0, 0.1) is 0 Å². The van der Waals surface area contributed by atoms with Crippen molar-refractivity contribution in [1.82, 2.24) is 9.47 Å². The Morgan fingerprint density at radius 3 is 2.11 bits per heavy atom. The minimum atomic E-state index is -0.995. The van der Waals surface area contributed by atoms with Crippen LogP contribution in [-0.2, 0) is 6.54 Å². The van der Waals surface area contributed by atoms with Crippen LogP contribution >= 0.6 is 0 Å². The summed E-state index contributed by atoms with van der Waals surface area (Å²) >= 11 is 0. The zero-order chi connectivity index (χ0) is 19.5. The molecule has 0 bridgehead atoms. The Bertz CT molecular complexity index is 1050. The van der Waals surface area contributed by atoms with Gasteiger partial charge in [-0.3, -0.25) is 14.3 Å². The van der Waals surface area contributed by atoms with Crippen LogP contribution in [0.3, 0.4) is 0 Å². The smallest absolute Gasteiger partial charge is 0.338 e. The topological polar surface area (TPSA) is 62.5 Å². The molecule has 2 heterocycles. The first kappa shape index (κ1) is 18.4. The largest absolute Gasteiger partial charge is 0.478 e. The van der Waals surface area contributed by atoms with E-state index in [0.29, 0.717) is 28.7 Å². The number of aromatic nitrogens is 1. The maximum absolute atomic E-state index is 13.4. The number of hydrogen-bond acceptors (Lipinski definition) is 3. The van der Waals surface area contributed by atoms with Gasteiger partial charge in [-0.25, -0.2) is 4.79 Å². The Kier molecular flexibility index (Phi) is 5.26. The number of hydrogen-bond donors (Lipinski definition) is 1. The third-order valence-electron chi connectivity index (χ3n) is 5.49. The number of likely N-dealkylation sites (tertiary alicyclic amines) is 1. The average molecular weight is 376 g/mol. The number of pyridine rings is 1. The van der Waals surface area contributed by atoms with Crippen LogP contribution in [0.25, 0.3) is 16.5 Å². The van der Waals surface area contributed by atoms with Gasteiger partial charge < -0.3 is 5.11 Å². The van der Waals surface area contributed by atoms with E-state index in [9.17, 15) is 14.7 Å². The molecule has 1 aromatic heterocycles. The van der Waals surface area contributed by atoms with Crippen LogP contribution in [-0.4, -0.2) is 33.6 Å². The molecule has 0 atom stereocenters. The monoisotopic (exact) mass is 376 g/mol. The fourth-order valence-electron chi connectivity index (χ4n) is 4.14. The van der Waals surface area contributed by atoms with Crippen molar-refractivity contribution in [2.75, 3.05) is 13.1 Å². The Morgan fingerprint density at radius 2 is 1.46 bits per heavy atom. The number of carboxylic acids is 1. The highest BCUT2D eigenvalue weighted by Gasteiger charge is 2.24. The summed E-state index contributed by atoms with van der Waals surface area (Å²) in [5.41, 5.74) is 1.31. The molecule has 0 radical (unpaired) electrons. The number of para-hydroxylation sites is 1. The van der Waals surface area contributed by atoms with E-state index >= 15 is 0 Å². The zero-order valence-corrected chi connectivity index (χ0v) is 15.8. The molecule has 2 aromatic carbocycles. The molecule has 0 unspecified atom stereocenters. The second-order valence-electron chi connectivity index (χ2n) is 7.34. The standard InChI is InChI=1S/C23H24N2O3/c26-22-19-13-7-6-12-18(19)21(23(27)28)20(16-24-14-8-1-2-9-15-24)25(22)17-10-4-3-5-11-17/h3-7,10-13H,1-2,8-9,14-16H2,(H,27,28). The van der Waals surface area contributed by atoms with E-state index in [1.165, 1.54) is 12.8 Å². The summed E-state index contributed by atoms with van der Waals surface area (Å²) in [4.78, 5) is 28.0. The van der Waals surface area contributed by atoms with Crippen molar-refractivity contribution in [3.8, 4) is 5.69 Å². The van der Waals surface area contributed by atoms with Crippen molar-refractivity contribution in [3.05, 3.63) is 76.2 Å². The van der Waals surface area contributed by atoms with Gasteiger partial charge in [0.2, 0.25) is 0 Å². The van der Waals surface area contributed by atoms with Gasteiger partial charge in [-0.15, -0.1) is 0 Å². The predicted molar refractivity (Wildman–Crippen MR) is 110 cm³/mol. The second-order valence-corrected chi connectivity index (χ2v) is 7.34. The normalized spacial score (nSPS) is 15.4. The maximum Gasteiger partial charge on any atom is 0.338 e. The molecule has 1 fully saturated rings. The molecule has 4 rings (SSSR count). The second kappa shape index (κ2) is 7.98. The molecule has 0 amide bonds. The fourth-order valence-corrected chi connectivity index (χ4v) is 4.14. The Morgan fingerprint density at radius 1 is 0.857 bits per heavy atom. The van der Waals surface area contributed by atoms with E-state index in [1.807, 2.05) is 30.3 Å². The molecule has 144 valence electrons. The molecule has 5 nitrogen and oxygen atoms in total. The van der Waals surface area contributed by atoms with Gasteiger partial charge in [0, 0.05) is 23.0 Å². The number of carbonyl (C=O) groups is 1. The van der Waals surface area contributed by atoms with E-state index in [2.05, 4.69) is 4.90 Å². The van der Waals surface area contributed by atoms with Gasteiger partial charge in [-0.2, -0.15) is 0 Å². The molecule has 1 N–H and O–H groups in total. The average Bonchev–Trinajstić information content (AvgIpc) is 2.97. The summed E-state index contributed by atoms with van der Waals surface area (Å²) in [7, 11) is 0. The van der Waals surface area contributed by atoms with Crippen molar-refractivity contribution >= 4 is 16.7 Å². The van der Waals surface area contributed by atoms with Gasteiger partial charge in [-0.1, -0.05) is 49.2 Å². The molecule has 3 aromatic rings. The third kappa shape index (κ3) is 3.45. The number of carboxylic acid groups (broad SMARTS) is 1.